The monoisotopic (exact) mass is 643 g/mol. The maximum absolute atomic E-state index is 11.0. The molecule has 50 heavy (non-hydrogen) atoms. The third-order valence-corrected chi connectivity index (χ3v) is 11.1. The van der Waals surface area contributed by atoms with Crippen LogP contribution in [0.5, 0.6) is 0 Å². The first kappa shape index (κ1) is 29.8. The summed E-state index contributed by atoms with van der Waals surface area (Å²) in [5.74, 6) is -0.0274. The maximum atomic E-state index is 11.0. The third-order valence-electron chi connectivity index (χ3n) is 11.1. The first-order chi connectivity index (χ1) is 24.7. The second kappa shape index (κ2) is 12.0. The number of anilines is 1. The van der Waals surface area contributed by atoms with E-state index in [-0.39, 0.29) is 17.9 Å². The standard InChI is InChI=1S/C45H33N5/c46-26-29-20-23-45-39(24-29)37-13-4-8-19-44(37)50(45)43-18-7-1-10-34(43)32-14-9-15-33(40(32)28-48)38-25-31(22-21-30(38)27-47)49-41-16-5-2-11-35(41)36-12-3-6-17-42(36)49/h1-8,10-14,16-19,21-22,24,37-38,44H,9,15,20,23,25H2. The summed E-state index contributed by atoms with van der Waals surface area (Å²) in [6.07, 6.45) is 20.8. The van der Waals surface area contributed by atoms with Crippen LogP contribution in [0.2, 0.25) is 0 Å². The Morgan fingerprint density at radius 2 is 1.46 bits per heavy atom. The van der Waals surface area contributed by atoms with E-state index in [1.54, 1.807) is 0 Å². The van der Waals surface area contributed by atoms with E-state index in [0.717, 1.165) is 70.4 Å². The van der Waals surface area contributed by atoms with E-state index in [4.69, 9.17) is 0 Å². The van der Waals surface area contributed by atoms with Gasteiger partial charge < -0.3 is 9.47 Å². The minimum absolute atomic E-state index is 0.101. The van der Waals surface area contributed by atoms with Crippen LogP contribution in [-0.4, -0.2) is 10.6 Å². The Hall–Kier alpha value is -6.35. The molecule has 0 fully saturated rings. The highest BCUT2D eigenvalue weighted by molar-refractivity contribution is 6.10. The molecule has 9 rings (SSSR count). The average Bonchev–Trinajstić information content (AvgIpc) is 3.70. The topological polar surface area (TPSA) is 79.5 Å². The Morgan fingerprint density at radius 1 is 0.720 bits per heavy atom. The molecule has 238 valence electrons. The predicted molar refractivity (Wildman–Crippen MR) is 200 cm³/mol. The van der Waals surface area contributed by atoms with Crippen molar-refractivity contribution < 1.29 is 0 Å². The summed E-state index contributed by atoms with van der Waals surface area (Å²) in [6, 6.07) is 33.1. The van der Waals surface area contributed by atoms with Gasteiger partial charge in [0.25, 0.3) is 0 Å². The number of para-hydroxylation sites is 3. The van der Waals surface area contributed by atoms with E-state index in [2.05, 4.69) is 143 Å². The largest absolute Gasteiger partial charge is 0.336 e. The SMILES string of the molecule is N#CC1=CC2=C(CC1)N(c1ccccc1C1=CCCC(C3CC(n4c5ccccc5c5ccccc54)=CC=C3C#N)=C1C#N)C1C=CC=CC21. The van der Waals surface area contributed by atoms with Gasteiger partial charge in [0.2, 0.25) is 0 Å². The number of fused-ring (bicyclic) bond motifs is 5. The van der Waals surface area contributed by atoms with Gasteiger partial charge in [0.1, 0.15) is 0 Å². The van der Waals surface area contributed by atoms with Gasteiger partial charge in [0.15, 0.2) is 0 Å². The van der Waals surface area contributed by atoms with Gasteiger partial charge in [0.05, 0.1) is 40.9 Å². The van der Waals surface area contributed by atoms with Gasteiger partial charge in [-0.05, 0) is 85.3 Å². The van der Waals surface area contributed by atoms with Crippen LogP contribution in [-0.2, 0) is 0 Å². The summed E-state index contributed by atoms with van der Waals surface area (Å²) in [6.45, 7) is 0. The number of hydrogen-bond acceptors (Lipinski definition) is 4. The van der Waals surface area contributed by atoms with Crippen LogP contribution in [0.3, 0.4) is 0 Å². The Morgan fingerprint density at radius 3 is 2.22 bits per heavy atom. The van der Waals surface area contributed by atoms with Crippen molar-refractivity contribution in [3.63, 3.8) is 0 Å². The number of rotatable bonds is 4. The summed E-state index contributed by atoms with van der Waals surface area (Å²) < 4.78 is 2.33. The first-order valence-electron chi connectivity index (χ1n) is 17.4. The molecule has 3 atom stereocenters. The Bertz CT molecular complexity index is 2470. The van der Waals surface area contributed by atoms with E-state index in [0.29, 0.717) is 17.6 Å². The molecule has 5 aliphatic rings. The number of allylic oxidation sites excluding steroid dienone is 13. The molecule has 0 radical (unpaired) electrons. The number of hydrogen-bond donors (Lipinski definition) is 0. The summed E-state index contributed by atoms with van der Waals surface area (Å²) >= 11 is 0. The summed E-state index contributed by atoms with van der Waals surface area (Å²) in [7, 11) is 0. The molecule has 4 aromatic rings. The molecule has 1 aromatic heterocycles. The molecule has 0 spiro atoms. The lowest BCUT2D eigenvalue weighted by molar-refractivity contribution is 0.679. The van der Waals surface area contributed by atoms with Crippen molar-refractivity contribution >= 4 is 38.8 Å². The van der Waals surface area contributed by atoms with Crippen molar-refractivity contribution in [2.75, 3.05) is 4.90 Å². The lowest BCUT2D eigenvalue weighted by atomic mass is 9.75. The van der Waals surface area contributed by atoms with Crippen LogP contribution in [0.25, 0.3) is 33.1 Å². The smallest absolute Gasteiger partial charge is 0.0997 e. The molecule has 0 saturated heterocycles. The molecule has 3 unspecified atom stereocenters. The van der Waals surface area contributed by atoms with E-state index in [1.165, 1.54) is 22.0 Å². The van der Waals surface area contributed by atoms with Crippen molar-refractivity contribution in [3.8, 4) is 18.2 Å². The summed E-state index contributed by atoms with van der Waals surface area (Å²) in [4.78, 5) is 2.45. The Balaban J connectivity index is 1.15. The molecule has 2 heterocycles. The van der Waals surface area contributed by atoms with Gasteiger partial charge in [0, 0.05) is 56.4 Å². The molecule has 0 N–H and O–H groups in total. The number of nitrogens with zero attached hydrogens (tertiary/aromatic N) is 5. The van der Waals surface area contributed by atoms with Crippen LogP contribution in [0.15, 0.2) is 155 Å². The average molecular weight is 644 g/mol. The van der Waals surface area contributed by atoms with Crippen molar-refractivity contribution in [3.05, 3.63) is 161 Å². The fourth-order valence-corrected chi connectivity index (χ4v) is 8.91. The van der Waals surface area contributed by atoms with Crippen LogP contribution < -0.4 is 4.90 Å². The van der Waals surface area contributed by atoms with Gasteiger partial charge in [-0.3, -0.25) is 0 Å². The maximum Gasteiger partial charge on any atom is 0.0997 e. The zero-order valence-corrected chi connectivity index (χ0v) is 27.6. The second-order valence-electron chi connectivity index (χ2n) is 13.5. The molecule has 4 aliphatic carbocycles. The van der Waals surface area contributed by atoms with Gasteiger partial charge in [-0.1, -0.05) is 85.0 Å². The number of nitriles is 3. The lowest BCUT2D eigenvalue weighted by Crippen LogP contribution is -2.33. The van der Waals surface area contributed by atoms with E-state index >= 15 is 0 Å². The van der Waals surface area contributed by atoms with Crippen molar-refractivity contribution in [1.82, 2.24) is 4.57 Å². The van der Waals surface area contributed by atoms with Crippen LogP contribution in [0.4, 0.5) is 5.69 Å². The molecule has 0 saturated carbocycles. The summed E-state index contributed by atoms with van der Waals surface area (Å²) in [5.41, 5.74) is 12.2. The van der Waals surface area contributed by atoms with Crippen molar-refractivity contribution in [2.45, 2.75) is 38.1 Å². The second-order valence-corrected chi connectivity index (χ2v) is 13.5. The van der Waals surface area contributed by atoms with E-state index < -0.39 is 0 Å². The highest BCUT2D eigenvalue weighted by Gasteiger charge is 2.41. The fourth-order valence-electron chi connectivity index (χ4n) is 8.91. The van der Waals surface area contributed by atoms with Gasteiger partial charge in [-0.15, -0.1) is 0 Å². The van der Waals surface area contributed by atoms with Crippen LogP contribution in [0, 0.1) is 45.8 Å². The third kappa shape index (κ3) is 4.50. The molecule has 0 bridgehead atoms. The minimum atomic E-state index is -0.199. The number of aromatic nitrogens is 1. The highest BCUT2D eigenvalue weighted by atomic mass is 15.2. The molecule has 3 aromatic carbocycles. The fraction of sp³-hybridized carbons (Fsp3) is 0.178. The zero-order valence-electron chi connectivity index (χ0n) is 27.6. The van der Waals surface area contributed by atoms with Gasteiger partial charge in [-0.25, -0.2) is 0 Å². The Kier molecular flexibility index (Phi) is 7.12. The summed E-state index contributed by atoms with van der Waals surface area (Å²) in [5, 5.41) is 33.5. The van der Waals surface area contributed by atoms with E-state index in [1.807, 2.05) is 6.08 Å². The zero-order chi connectivity index (χ0) is 33.8. The van der Waals surface area contributed by atoms with Crippen molar-refractivity contribution in [1.29, 1.82) is 15.8 Å². The normalized spacial score (nSPS) is 22.7. The predicted octanol–water partition coefficient (Wildman–Crippen LogP) is 10.2. The van der Waals surface area contributed by atoms with Crippen LogP contribution in [0.1, 0.15) is 37.7 Å². The van der Waals surface area contributed by atoms with Gasteiger partial charge in [-0.2, -0.15) is 15.8 Å². The quantitative estimate of drug-likeness (QED) is 0.222. The first-order valence-corrected chi connectivity index (χ1v) is 17.4. The Labute approximate surface area is 292 Å². The highest BCUT2D eigenvalue weighted by Crippen LogP contribution is 2.50. The lowest BCUT2D eigenvalue weighted by Gasteiger charge is -2.34. The van der Waals surface area contributed by atoms with Crippen LogP contribution >= 0.6 is 0 Å². The molecule has 1 aliphatic heterocycles. The molecular formula is C45H33N5. The molecule has 5 nitrogen and oxygen atoms in total. The minimum Gasteiger partial charge on any atom is -0.336 e. The number of benzene rings is 3. The van der Waals surface area contributed by atoms with Crippen molar-refractivity contribution in [2.24, 2.45) is 11.8 Å². The molecule has 5 heteroatoms. The molecule has 0 amide bonds. The van der Waals surface area contributed by atoms with Gasteiger partial charge >= 0.3 is 0 Å². The van der Waals surface area contributed by atoms with E-state index in [9.17, 15) is 15.8 Å². The molecular weight excluding hydrogens is 611 g/mol.